The number of alkyl carbamates (subject to hydrolysis) is 1. The van der Waals surface area contributed by atoms with Crippen LogP contribution in [0.1, 0.15) is 33.1 Å². The molecule has 6 nitrogen and oxygen atoms in total. The Hall–Kier alpha value is -1.59. The van der Waals surface area contributed by atoms with Crippen LogP contribution in [0.3, 0.4) is 0 Å². The maximum atomic E-state index is 11.2. The minimum Gasteiger partial charge on any atom is -0.481 e. The second kappa shape index (κ2) is 8.55. The lowest BCUT2D eigenvalue weighted by Gasteiger charge is -2.14. The van der Waals surface area contributed by atoms with E-state index in [0.717, 1.165) is 0 Å². The van der Waals surface area contributed by atoms with Crippen LogP contribution in [0, 0.1) is 5.92 Å². The van der Waals surface area contributed by atoms with Gasteiger partial charge in [0.05, 0.1) is 12.6 Å². The van der Waals surface area contributed by atoms with Crippen LogP contribution >= 0.6 is 0 Å². The fraction of sp³-hybridized carbons (Fsp3) is 0.727. The number of amides is 1. The first kappa shape index (κ1) is 15.4. The van der Waals surface area contributed by atoms with E-state index < -0.39 is 18.1 Å². The van der Waals surface area contributed by atoms with E-state index in [2.05, 4.69) is 5.32 Å². The zero-order chi connectivity index (χ0) is 13.3. The summed E-state index contributed by atoms with van der Waals surface area (Å²) in [7, 11) is 0. The Labute approximate surface area is 100 Å². The number of aldehydes is 1. The fourth-order valence-electron chi connectivity index (χ4n) is 1.24. The van der Waals surface area contributed by atoms with Gasteiger partial charge in [0.25, 0.3) is 0 Å². The molecule has 0 rings (SSSR count). The summed E-state index contributed by atoms with van der Waals surface area (Å²) in [6.45, 7) is 3.91. The van der Waals surface area contributed by atoms with E-state index in [1.165, 1.54) is 0 Å². The van der Waals surface area contributed by atoms with E-state index in [-0.39, 0.29) is 25.4 Å². The number of aliphatic carboxylic acids is 1. The van der Waals surface area contributed by atoms with Crippen molar-refractivity contribution in [1.82, 2.24) is 5.32 Å². The van der Waals surface area contributed by atoms with E-state index in [1.807, 2.05) is 13.8 Å². The Balaban J connectivity index is 3.75. The van der Waals surface area contributed by atoms with Crippen LogP contribution in [0.2, 0.25) is 0 Å². The van der Waals surface area contributed by atoms with Crippen molar-refractivity contribution >= 4 is 18.3 Å². The molecule has 0 aliphatic carbocycles. The zero-order valence-electron chi connectivity index (χ0n) is 10.1. The first-order valence-electron chi connectivity index (χ1n) is 5.56. The van der Waals surface area contributed by atoms with Crippen LogP contribution in [-0.2, 0) is 14.3 Å². The smallest absolute Gasteiger partial charge is 0.407 e. The standard InChI is InChI=1S/C11H19NO5/c1-8(2)6-9(7-13)12-11(16)17-5-3-4-10(14)15/h7-9H,3-6H2,1-2H3,(H,12,16)(H,14,15). The van der Waals surface area contributed by atoms with Gasteiger partial charge in [-0.25, -0.2) is 4.79 Å². The van der Waals surface area contributed by atoms with Crippen molar-refractivity contribution in [3.05, 3.63) is 0 Å². The Morgan fingerprint density at radius 3 is 2.53 bits per heavy atom. The molecule has 0 aliphatic heterocycles. The fourth-order valence-corrected chi connectivity index (χ4v) is 1.24. The molecule has 1 amide bonds. The number of hydrogen-bond donors (Lipinski definition) is 2. The Bertz CT molecular complexity index is 265. The van der Waals surface area contributed by atoms with Crippen LogP contribution in [0.5, 0.6) is 0 Å². The highest BCUT2D eigenvalue weighted by Crippen LogP contribution is 2.03. The van der Waals surface area contributed by atoms with Gasteiger partial charge in [0.15, 0.2) is 0 Å². The maximum absolute atomic E-state index is 11.2. The summed E-state index contributed by atoms with van der Waals surface area (Å²) in [5.41, 5.74) is 0. The number of rotatable bonds is 8. The molecule has 0 heterocycles. The molecule has 0 saturated carbocycles. The summed E-state index contributed by atoms with van der Waals surface area (Å²) < 4.78 is 4.73. The third kappa shape index (κ3) is 9.35. The van der Waals surface area contributed by atoms with Gasteiger partial charge >= 0.3 is 12.1 Å². The molecular weight excluding hydrogens is 226 g/mol. The quantitative estimate of drug-likeness (QED) is 0.495. The second-order valence-corrected chi connectivity index (χ2v) is 4.15. The first-order chi connectivity index (χ1) is 7.95. The molecular formula is C11H19NO5. The lowest BCUT2D eigenvalue weighted by molar-refractivity contribution is -0.137. The molecule has 0 aromatic carbocycles. The predicted molar refractivity (Wildman–Crippen MR) is 60.7 cm³/mol. The molecule has 0 fully saturated rings. The molecule has 0 aromatic heterocycles. The highest BCUT2D eigenvalue weighted by Gasteiger charge is 2.13. The lowest BCUT2D eigenvalue weighted by Crippen LogP contribution is -2.37. The van der Waals surface area contributed by atoms with Crippen LogP contribution < -0.4 is 5.32 Å². The summed E-state index contributed by atoms with van der Waals surface area (Å²) in [6.07, 6.45) is 0.745. The number of nitrogens with one attached hydrogen (secondary N) is 1. The van der Waals surface area contributed by atoms with Gasteiger partial charge in [0, 0.05) is 6.42 Å². The van der Waals surface area contributed by atoms with Crippen molar-refractivity contribution < 1.29 is 24.2 Å². The monoisotopic (exact) mass is 245 g/mol. The normalized spacial score (nSPS) is 11.9. The molecule has 6 heteroatoms. The number of ether oxygens (including phenoxy) is 1. The predicted octanol–water partition coefficient (Wildman–Crippen LogP) is 1.19. The molecule has 0 bridgehead atoms. The molecule has 2 N–H and O–H groups in total. The summed E-state index contributed by atoms with van der Waals surface area (Å²) in [5.74, 6) is -0.642. The molecule has 0 saturated heterocycles. The van der Waals surface area contributed by atoms with Crippen molar-refractivity contribution in [1.29, 1.82) is 0 Å². The highest BCUT2D eigenvalue weighted by molar-refractivity contribution is 5.73. The molecule has 17 heavy (non-hydrogen) atoms. The number of carbonyl (C=O) groups is 3. The van der Waals surface area contributed by atoms with Gasteiger partial charge in [-0.15, -0.1) is 0 Å². The Kier molecular flexibility index (Phi) is 7.75. The number of carbonyl (C=O) groups excluding carboxylic acids is 2. The van der Waals surface area contributed by atoms with E-state index in [1.54, 1.807) is 0 Å². The van der Waals surface area contributed by atoms with Gasteiger partial charge < -0.3 is 20.0 Å². The van der Waals surface area contributed by atoms with Gasteiger partial charge in [-0.2, -0.15) is 0 Å². The second-order valence-electron chi connectivity index (χ2n) is 4.15. The van der Waals surface area contributed by atoms with Crippen molar-refractivity contribution in [2.24, 2.45) is 5.92 Å². The van der Waals surface area contributed by atoms with Crippen LogP contribution in [0.15, 0.2) is 0 Å². The average Bonchev–Trinajstić information content (AvgIpc) is 2.22. The Morgan fingerprint density at radius 2 is 2.06 bits per heavy atom. The molecule has 1 unspecified atom stereocenters. The molecule has 0 aromatic rings. The van der Waals surface area contributed by atoms with Crippen LogP contribution in [-0.4, -0.2) is 36.1 Å². The summed E-state index contributed by atoms with van der Waals surface area (Å²) in [4.78, 5) is 32.0. The zero-order valence-corrected chi connectivity index (χ0v) is 10.1. The van der Waals surface area contributed by atoms with Gasteiger partial charge in [-0.05, 0) is 18.8 Å². The van der Waals surface area contributed by atoms with Gasteiger partial charge in [0.1, 0.15) is 6.29 Å². The molecule has 0 radical (unpaired) electrons. The number of carboxylic acid groups (broad SMARTS) is 1. The Morgan fingerprint density at radius 1 is 1.41 bits per heavy atom. The molecule has 98 valence electrons. The highest BCUT2D eigenvalue weighted by atomic mass is 16.5. The topological polar surface area (TPSA) is 92.7 Å². The van der Waals surface area contributed by atoms with Gasteiger partial charge in [-0.3, -0.25) is 4.79 Å². The maximum Gasteiger partial charge on any atom is 0.407 e. The van der Waals surface area contributed by atoms with Crippen molar-refractivity contribution in [2.75, 3.05) is 6.61 Å². The first-order valence-corrected chi connectivity index (χ1v) is 5.56. The van der Waals surface area contributed by atoms with E-state index in [4.69, 9.17) is 9.84 Å². The summed E-state index contributed by atoms with van der Waals surface area (Å²) in [6, 6.07) is -0.554. The van der Waals surface area contributed by atoms with Gasteiger partial charge in [-0.1, -0.05) is 13.8 Å². The minimum atomic E-state index is -0.931. The summed E-state index contributed by atoms with van der Waals surface area (Å²) in [5, 5.41) is 10.8. The van der Waals surface area contributed by atoms with Crippen LogP contribution in [0.4, 0.5) is 4.79 Å². The van der Waals surface area contributed by atoms with E-state index >= 15 is 0 Å². The van der Waals surface area contributed by atoms with E-state index in [9.17, 15) is 14.4 Å². The SMILES string of the molecule is CC(C)CC(C=O)NC(=O)OCCCC(=O)O. The third-order valence-electron chi connectivity index (χ3n) is 1.96. The van der Waals surface area contributed by atoms with Crippen LogP contribution in [0.25, 0.3) is 0 Å². The van der Waals surface area contributed by atoms with Crippen molar-refractivity contribution in [2.45, 2.75) is 39.2 Å². The van der Waals surface area contributed by atoms with E-state index in [0.29, 0.717) is 12.7 Å². The average molecular weight is 245 g/mol. The molecule has 1 atom stereocenters. The van der Waals surface area contributed by atoms with Crippen molar-refractivity contribution in [3.8, 4) is 0 Å². The summed E-state index contributed by atoms with van der Waals surface area (Å²) >= 11 is 0. The minimum absolute atomic E-state index is 0.0331. The number of hydrogen-bond acceptors (Lipinski definition) is 4. The number of carboxylic acids is 1. The van der Waals surface area contributed by atoms with Gasteiger partial charge in [0.2, 0.25) is 0 Å². The van der Waals surface area contributed by atoms with Crippen molar-refractivity contribution in [3.63, 3.8) is 0 Å². The third-order valence-corrected chi connectivity index (χ3v) is 1.96. The lowest BCUT2D eigenvalue weighted by atomic mass is 10.1. The molecule has 0 aliphatic rings. The molecule has 0 spiro atoms. The largest absolute Gasteiger partial charge is 0.481 e.